The number of carbonyl (C=O) groups excluding carboxylic acids is 2. The maximum atomic E-state index is 12.6. The Morgan fingerprint density at radius 1 is 1.39 bits per heavy atom. The van der Waals surface area contributed by atoms with Gasteiger partial charge in [-0.05, 0) is 12.5 Å². The summed E-state index contributed by atoms with van der Waals surface area (Å²) in [7, 11) is 0. The summed E-state index contributed by atoms with van der Waals surface area (Å²) in [6, 6.07) is 6.47. The van der Waals surface area contributed by atoms with Crippen molar-refractivity contribution in [2.75, 3.05) is 6.61 Å². The molecule has 3 rings (SSSR count). The molecule has 1 aromatic carbocycles. The van der Waals surface area contributed by atoms with Gasteiger partial charge in [0.15, 0.2) is 11.5 Å². The molecule has 1 unspecified atom stereocenters. The Kier molecular flexibility index (Phi) is 3.69. The first-order valence-electron chi connectivity index (χ1n) is 7.14. The zero-order valence-electron chi connectivity index (χ0n) is 12.4. The number of hydrogen-bond donors (Lipinski definition) is 1. The molecule has 0 saturated heterocycles. The van der Waals surface area contributed by atoms with Gasteiger partial charge in [0.1, 0.15) is 6.04 Å². The number of aromatic carboxylic acids is 1. The monoisotopic (exact) mass is 314 g/mol. The number of hydrogen-bond acceptors (Lipinski definition) is 5. The van der Waals surface area contributed by atoms with Crippen LogP contribution >= 0.6 is 0 Å². The average molecular weight is 314 g/mol. The van der Waals surface area contributed by atoms with Crippen LogP contribution in [-0.2, 0) is 11.2 Å². The Bertz CT molecular complexity index is 809. The number of carboxylic acids is 1. The average Bonchev–Trinajstić information content (AvgIpc) is 3.10. The number of ether oxygens (including phenoxy) is 1. The van der Waals surface area contributed by atoms with Crippen molar-refractivity contribution in [2.24, 2.45) is 0 Å². The highest BCUT2D eigenvalue weighted by Crippen LogP contribution is 2.31. The van der Waals surface area contributed by atoms with E-state index in [1.807, 2.05) is 12.1 Å². The van der Waals surface area contributed by atoms with E-state index in [1.165, 1.54) is 10.8 Å². The third-order valence-corrected chi connectivity index (χ3v) is 3.74. The number of Topliss-reactive ketones (excluding diaryl/α,β-unsaturated/α-hetero) is 1. The molecule has 0 amide bonds. The molecule has 0 bridgehead atoms. The SMILES string of the molecule is CCOC(=O)c1nc(C(=O)O)cn1C1Cc2ccccc2C1=O. The minimum Gasteiger partial charge on any atom is -0.476 e. The topological polar surface area (TPSA) is 98.5 Å². The number of ketones is 1. The first-order valence-corrected chi connectivity index (χ1v) is 7.14. The fraction of sp³-hybridized carbons (Fsp3) is 0.250. The third kappa shape index (κ3) is 2.50. The van der Waals surface area contributed by atoms with Crippen LogP contribution in [0.1, 0.15) is 50.0 Å². The molecule has 0 radical (unpaired) electrons. The lowest BCUT2D eigenvalue weighted by Crippen LogP contribution is -2.21. The van der Waals surface area contributed by atoms with Crippen molar-refractivity contribution in [3.8, 4) is 0 Å². The van der Waals surface area contributed by atoms with Gasteiger partial charge in [-0.15, -0.1) is 0 Å². The van der Waals surface area contributed by atoms with Crippen LogP contribution in [0.25, 0.3) is 0 Å². The normalized spacial score (nSPS) is 16.2. The Balaban J connectivity index is 2.04. The third-order valence-electron chi connectivity index (χ3n) is 3.74. The van der Waals surface area contributed by atoms with Crippen molar-refractivity contribution in [1.29, 1.82) is 0 Å². The Labute approximate surface area is 131 Å². The Hall–Kier alpha value is -2.96. The van der Waals surface area contributed by atoms with Crippen LogP contribution in [0.2, 0.25) is 0 Å². The molecule has 1 heterocycles. The lowest BCUT2D eigenvalue weighted by molar-refractivity contribution is 0.0504. The van der Waals surface area contributed by atoms with E-state index in [1.54, 1.807) is 19.1 Å². The van der Waals surface area contributed by atoms with Gasteiger partial charge in [0.05, 0.1) is 6.61 Å². The van der Waals surface area contributed by atoms with Crippen LogP contribution in [0, 0.1) is 0 Å². The van der Waals surface area contributed by atoms with Crippen molar-refractivity contribution < 1.29 is 24.2 Å². The van der Waals surface area contributed by atoms with Gasteiger partial charge < -0.3 is 14.4 Å². The van der Waals surface area contributed by atoms with Gasteiger partial charge in [0.2, 0.25) is 5.82 Å². The molecule has 1 aliphatic rings. The summed E-state index contributed by atoms with van der Waals surface area (Å²) in [4.78, 5) is 39.5. The summed E-state index contributed by atoms with van der Waals surface area (Å²) in [6.45, 7) is 1.77. The standard InChI is InChI=1S/C16H14N2O5/c1-2-23-16(22)14-17-11(15(20)21)8-18(14)12-7-9-5-3-4-6-10(9)13(12)19/h3-6,8,12H,2,7H2,1H3,(H,20,21). The van der Waals surface area contributed by atoms with E-state index in [9.17, 15) is 14.4 Å². The molecule has 118 valence electrons. The number of esters is 1. The largest absolute Gasteiger partial charge is 0.476 e. The van der Waals surface area contributed by atoms with E-state index in [0.29, 0.717) is 12.0 Å². The number of aromatic nitrogens is 2. The quantitative estimate of drug-likeness (QED) is 0.863. The number of rotatable bonds is 4. The van der Waals surface area contributed by atoms with Crippen LogP contribution in [0.5, 0.6) is 0 Å². The van der Waals surface area contributed by atoms with Crippen LogP contribution < -0.4 is 0 Å². The molecule has 0 fully saturated rings. The van der Waals surface area contributed by atoms with Crippen molar-refractivity contribution in [3.05, 3.63) is 53.1 Å². The molecule has 1 N–H and O–H groups in total. The fourth-order valence-electron chi connectivity index (χ4n) is 2.72. The number of nitrogens with zero attached hydrogens (tertiary/aromatic N) is 2. The van der Waals surface area contributed by atoms with E-state index >= 15 is 0 Å². The second-order valence-corrected chi connectivity index (χ2v) is 5.12. The molecule has 0 aliphatic heterocycles. The molecule has 0 saturated carbocycles. The van der Waals surface area contributed by atoms with Crippen LogP contribution in [0.15, 0.2) is 30.5 Å². The van der Waals surface area contributed by atoms with Crippen molar-refractivity contribution >= 4 is 17.7 Å². The lowest BCUT2D eigenvalue weighted by Gasteiger charge is -2.12. The van der Waals surface area contributed by atoms with E-state index < -0.39 is 18.0 Å². The fourth-order valence-corrected chi connectivity index (χ4v) is 2.72. The molecular formula is C16H14N2O5. The zero-order valence-corrected chi connectivity index (χ0v) is 12.4. The van der Waals surface area contributed by atoms with Gasteiger partial charge in [-0.25, -0.2) is 14.6 Å². The van der Waals surface area contributed by atoms with Gasteiger partial charge >= 0.3 is 11.9 Å². The highest BCUT2D eigenvalue weighted by atomic mass is 16.5. The molecular weight excluding hydrogens is 300 g/mol. The van der Waals surface area contributed by atoms with Gasteiger partial charge in [-0.1, -0.05) is 24.3 Å². The summed E-state index contributed by atoms with van der Waals surface area (Å²) in [5.41, 5.74) is 1.15. The predicted octanol–water partition coefficient (Wildman–Crippen LogP) is 1.74. The molecule has 7 nitrogen and oxygen atoms in total. The summed E-state index contributed by atoms with van der Waals surface area (Å²) >= 11 is 0. The molecule has 23 heavy (non-hydrogen) atoms. The lowest BCUT2D eigenvalue weighted by atomic mass is 10.1. The number of imidazole rings is 1. The summed E-state index contributed by atoms with van der Waals surface area (Å²) in [6.07, 6.45) is 1.60. The summed E-state index contributed by atoms with van der Waals surface area (Å²) in [5, 5.41) is 9.10. The second kappa shape index (κ2) is 5.68. The number of benzene rings is 1. The highest BCUT2D eigenvalue weighted by Gasteiger charge is 2.35. The minimum atomic E-state index is -1.27. The van der Waals surface area contributed by atoms with Crippen molar-refractivity contribution in [3.63, 3.8) is 0 Å². The highest BCUT2D eigenvalue weighted by molar-refractivity contribution is 6.04. The molecule has 0 spiro atoms. The molecule has 1 atom stereocenters. The minimum absolute atomic E-state index is 0.132. The van der Waals surface area contributed by atoms with E-state index in [-0.39, 0.29) is 23.9 Å². The number of carboxylic acid groups (broad SMARTS) is 1. The maximum Gasteiger partial charge on any atom is 0.374 e. The van der Waals surface area contributed by atoms with E-state index in [0.717, 1.165) is 5.56 Å². The first kappa shape index (κ1) is 15.0. The Morgan fingerprint density at radius 2 is 2.13 bits per heavy atom. The summed E-state index contributed by atoms with van der Waals surface area (Å²) < 4.78 is 6.22. The number of fused-ring (bicyclic) bond motifs is 1. The number of carbonyl (C=O) groups is 3. The smallest absolute Gasteiger partial charge is 0.374 e. The first-order chi connectivity index (χ1) is 11.0. The molecule has 2 aromatic rings. The van der Waals surface area contributed by atoms with Gasteiger partial charge in [-0.3, -0.25) is 4.79 Å². The van der Waals surface area contributed by atoms with Crippen LogP contribution in [0.3, 0.4) is 0 Å². The van der Waals surface area contributed by atoms with Crippen LogP contribution in [0.4, 0.5) is 0 Å². The maximum absolute atomic E-state index is 12.6. The van der Waals surface area contributed by atoms with Crippen LogP contribution in [-0.4, -0.2) is 39.0 Å². The molecule has 1 aliphatic carbocycles. The van der Waals surface area contributed by atoms with Gasteiger partial charge in [0, 0.05) is 18.2 Å². The predicted molar refractivity (Wildman–Crippen MR) is 78.7 cm³/mol. The van der Waals surface area contributed by atoms with Gasteiger partial charge in [0.25, 0.3) is 0 Å². The molecule has 7 heteroatoms. The van der Waals surface area contributed by atoms with Crippen molar-refractivity contribution in [2.45, 2.75) is 19.4 Å². The van der Waals surface area contributed by atoms with Gasteiger partial charge in [-0.2, -0.15) is 0 Å². The van der Waals surface area contributed by atoms with E-state index in [4.69, 9.17) is 9.84 Å². The molecule has 1 aromatic heterocycles. The Morgan fingerprint density at radius 3 is 2.78 bits per heavy atom. The second-order valence-electron chi connectivity index (χ2n) is 5.12. The summed E-state index contributed by atoms with van der Waals surface area (Å²) in [5.74, 6) is -2.35. The zero-order chi connectivity index (χ0) is 16.6. The van der Waals surface area contributed by atoms with Crippen molar-refractivity contribution in [1.82, 2.24) is 9.55 Å². The van der Waals surface area contributed by atoms with E-state index in [2.05, 4.69) is 4.98 Å².